The summed E-state index contributed by atoms with van der Waals surface area (Å²) in [6.45, 7) is 3.90. The van der Waals surface area contributed by atoms with Gasteiger partial charge in [-0.05, 0) is 38.1 Å². The summed E-state index contributed by atoms with van der Waals surface area (Å²) in [6.07, 6.45) is 0. The normalized spacial score (nSPS) is 10.4. The molecule has 3 rings (SSSR count). The quantitative estimate of drug-likeness (QED) is 0.649. The second-order valence-corrected chi connectivity index (χ2v) is 5.74. The number of aryl methyl sites for hydroxylation is 2. The van der Waals surface area contributed by atoms with Crippen molar-refractivity contribution in [2.45, 2.75) is 13.8 Å². The third kappa shape index (κ3) is 3.98. The molecule has 0 aliphatic carbocycles. The molecule has 0 saturated heterocycles. The van der Waals surface area contributed by atoms with E-state index in [9.17, 15) is 0 Å². The number of rotatable bonds is 5. The van der Waals surface area contributed by atoms with Crippen molar-refractivity contribution in [3.63, 3.8) is 0 Å². The second kappa shape index (κ2) is 7.09. The summed E-state index contributed by atoms with van der Waals surface area (Å²) in [7, 11) is 1.63. The average Bonchev–Trinajstić information content (AvgIpc) is 2.61. The SMILES string of the molecule is COc1cccc(Nc2nc(Nc3ccc(C)cc3)nc(C)c2N)c1. The van der Waals surface area contributed by atoms with Gasteiger partial charge in [0.15, 0.2) is 5.82 Å². The number of nitrogens with one attached hydrogen (secondary N) is 2. The topological polar surface area (TPSA) is 85.1 Å². The van der Waals surface area contributed by atoms with Gasteiger partial charge in [0.1, 0.15) is 5.75 Å². The molecule has 1 aromatic heterocycles. The molecular weight excluding hydrogens is 314 g/mol. The fraction of sp³-hybridized carbons (Fsp3) is 0.158. The average molecular weight is 335 g/mol. The van der Waals surface area contributed by atoms with E-state index in [1.807, 2.05) is 62.4 Å². The van der Waals surface area contributed by atoms with Gasteiger partial charge in [-0.25, -0.2) is 4.98 Å². The largest absolute Gasteiger partial charge is 0.497 e. The lowest BCUT2D eigenvalue weighted by Gasteiger charge is -2.13. The number of methoxy groups -OCH3 is 1. The Bertz CT molecular complexity index is 877. The molecule has 2 aromatic carbocycles. The van der Waals surface area contributed by atoms with E-state index < -0.39 is 0 Å². The molecule has 6 heteroatoms. The minimum Gasteiger partial charge on any atom is -0.497 e. The van der Waals surface area contributed by atoms with E-state index >= 15 is 0 Å². The summed E-state index contributed by atoms with van der Waals surface area (Å²) in [5.74, 6) is 1.80. The first-order valence-electron chi connectivity index (χ1n) is 7.94. The Morgan fingerprint density at radius 1 is 0.920 bits per heavy atom. The number of nitrogen functional groups attached to an aromatic ring is 1. The minimum absolute atomic E-state index is 0.487. The van der Waals surface area contributed by atoms with E-state index in [2.05, 4.69) is 20.6 Å². The van der Waals surface area contributed by atoms with Gasteiger partial charge >= 0.3 is 0 Å². The maximum atomic E-state index is 6.14. The van der Waals surface area contributed by atoms with Crippen LogP contribution in [0.2, 0.25) is 0 Å². The van der Waals surface area contributed by atoms with Gasteiger partial charge in [-0.3, -0.25) is 0 Å². The van der Waals surface area contributed by atoms with Crippen molar-refractivity contribution in [3.8, 4) is 5.75 Å². The maximum Gasteiger partial charge on any atom is 0.229 e. The Labute approximate surface area is 147 Å². The zero-order valence-electron chi connectivity index (χ0n) is 14.5. The van der Waals surface area contributed by atoms with Crippen LogP contribution in [0, 0.1) is 13.8 Å². The molecule has 0 bridgehead atoms. The van der Waals surface area contributed by atoms with Crippen LogP contribution in [0.3, 0.4) is 0 Å². The number of hydrogen-bond acceptors (Lipinski definition) is 6. The zero-order valence-corrected chi connectivity index (χ0v) is 14.5. The van der Waals surface area contributed by atoms with E-state index in [0.717, 1.165) is 17.1 Å². The summed E-state index contributed by atoms with van der Waals surface area (Å²) >= 11 is 0. The first-order valence-corrected chi connectivity index (χ1v) is 7.94. The molecular formula is C19H21N5O. The third-order valence-electron chi connectivity index (χ3n) is 3.78. The molecule has 0 amide bonds. The predicted molar refractivity (Wildman–Crippen MR) is 102 cm³/mol. The van der Waals surface area contributed by atoms with Crippen molar-refractivity contribution in [2.24, 2.45) is 0 Å². The van der Waals surface area contributed by atoms with Gasteiger partial charge in [-0.2, -0.15) is 4.98 Å². The molecule has 25 heavy (non-hydrogen) atoms. The maximum absolute atomic E-state index is 6.14. The highest BCUT2D eigenvalue weighted by Crippen LogP contribution is 2.27. The minimum atomic E-state index is 0.487. The van der Waals surface area contributed by atoms with Crippen LogP contribution in [0.25, 0.3) is 0 Å². The van der Waals surface area contributed by atoms with Gasteiger partial charge in [-0.15, -0.1) is 0 Å². The number of aromatic nitrogens is 2. The van der Waals surface area contributed by atoms with Crippen LogP contribution in [0.4, 0.5) is 28.8 Å². The molecule has 6 nitrogen and oxygen atoms in total. The van der Waals surface area contributed by atoms with Crippen LogP contribution < -0.4 is 21.1 Å². The number of hydrogen-bond donors (Lipinski definition) is 3. The van der Waals surface area contributed by atoms with Gasteiger partial charge in [0, 0.05) is 17.4 Å². The highest BCUT2D eigenvalue weighted by atomic mass is 16.5. The summed E-state index contributed by atoms with van der Waals surface area (Å²) in [5, 5.41) is 6.43. The standard InChI is InChI=1S/C19H21N5O/c1-12-7-9-14(10-8-12)23-19-21-13(2)17(20)18(24-19)22-15-5-4-6-16(11-15)25-3/h4-11H,20H2,1-3H3,(H2,21,22,23,24). The summed E-state index contributed by atoms with van der Waals surface area (Å²) < 4.78 is 5.24. The molecule has 0 aliphatic rings. The summed E-state index contributed by atoms with van der Waals surface area (Å²) in [5.41, 5.74) is 10.3. The van der Waals surface area contributed by atoms with E-state index in [4.69, 9.17) is 10.5 Å². The first-order chi connectivity index (χ1) is 12.0. The van der Waals surface area contributed by atoms with Gasteiger partial charge in [0.2, 0.25) is 5.95 Å². The van der Waals surface area contributed by atoms with E-state index in [0.29, 0.717) is 23.1 Å². The molecule has 0 aliphatic heterocycles. The fourth-order valence-corrected chi connectivity index (χ4v) is 2.34. The van der Waals surface area contributed by atoms with E-state index in [1.165, 1.54) is 5.56 Å². The molecule has 0 unspecified atom stereocenters. The summed E-state index contributed by atoms with van der Waals surface area (Å²) in [6, 6.07) is 15.6. The van der Waals surface area contributed by atoms with Gasteiger partial charge in [0.05, 0.1) is 18.5 Å². The molecule has 128 valence electrons. The van der Waals surface area contributed by atoms with Crippen LogP contribution in [-0.4, -0.2) is 17.1 Å². The molecule has 0 fully saturated rings. The van der Waals surface area contributed by atoms with Crippen LogP contribution in [0.5, 0.6) is 5.75 Å². The molecule has 0 atom stereocenters. The van der Waals surface area contributed by atoms with Crippen LogP contribution in [-0.2, 0) is 0 Å². The van der Waals surface area contributed by atoms with E-state index in [1.54, 1.807) is 7.11 Å². The van der Waals surface area contributed by atoms with Gasteiger partial charge in [-0.1, -0.05) is 23.8 Å². The highest BCUT2D eigenvalue weighted by Gasteiger charge is 2.10. The molecule has 4 N–H and O–H groups in total. The van der Waals surface area contributed by atoms with Crippen molar-refractivity contribution in [1.29, 1.82) is 0 Å². The molecule has 0 radical (unpaired) electrons. The second-order valence-electron chi connectivity index (χ2n) is 5.74. The lowest BCUT2D eigenvalue weighted by molar-refractivity contribution is 0.415. The van der Waals surface area contributed by atoms with E-state index in [-0.39, 0.29) is 0 Å². The third-order valence-corrected chi connectivity index (χ3v) is 3.78. The lowest BCUT2D eigenvalue weighted by Crippen LogP contribution is -2.07. The van der Waals surface area contributed by atoms with Crippen molar-refractivity contribution >= 4 is 28.8 Å². The number of anilines is 5. The fourth-order valence-electron chi connectivity index (χ4n) is 2.34. The Morgan fingerprint density at radius 3 is 2.40 bits per heavy atom. The molecule has 0 saturated carbocycles. The number of nitrogens with zero attached hydrogens (tertiary/aromatic N) is 2. The number of ether oxygens (including phenoxy) is 1. The van der Waals surface area contributed by atoms with Gasteiger partial charge in [0.25, 0.3) is 0 Å². The van der Waals surface area contributed by atoms with Crippen LogP contribution in [0.15, 0.2) is 48.5 Å². The molecule has 1 heterocycles. The summed E-state index contributed by atoms with van der Waals surface area (Å²) in [4.78, 5) is 8.92. The first kappa shape index (κ1) is 16.6. The highest BCUT2D eigenvalue weighted by molar-refractivity contribution is 5.72. The smallest absolute Gasteiger partial charge is 0.229 e. The Kier molecular flexibility index (Phi) is 4.70. The number of benzene rings is 2. The lowest BCUT2D eigenvalue weighted by atomic mass is 10.2. The Morgan fingerprint density at radius 2 is 1.68 bits per heavy atom. The van der Waals surface area contributed by atoms with Crippen LogP contribution >= 0.6 is 0 Å². The Balaban J connectivity index is 1.88. The monoisotopic (exact) mass is 335 g/mol. The molecule has 0 spiro atoms. The van der Waals surface area contributed by atoms with Crippen LogP contribution in [0.1, 0.15) is 11.3 Å². The van der Waals surface area contributed by atoms with Crippen molar-refractivity contribution in [3.05, 3.63) is 59.8 Å². The molecule has 3 aromatic rings. The number of nitrogens with two attached hydrogens (primary N) is 1. The Hall–Kier alpha value is -3.28. The van der Waals surface area contributed by atoms with Gasteiger partial charge < -0.3 is 21.1 Å². The predicted octanol–water partition coefficient (Wildman–Crippen LogP) is 4.17. The van der Waals surface area contributed by atoms with Crippen molar-refractivity contribution < 1.29 is 4.74 Å². The zero-order chi connectivity index (χ0) is 17.8. The van der Waals surface area contributed by atoms with Crippen molar-refractivity contribution in [2.75, 3.05) is 23.5 Å². The van der Waals surface area contributed by atoms with Crippen molar-refractivity contribution in [1.82, 2.24) is 9.97 Å².